The van der Waals surface area contributed by atoms with E-state index in [4.69, 9.17) is 17.3 Å². The van der Waals surface area contributed by atoms with Crippen LogP contribution in [0, 0.1) is 0 Å². The standard InChI is InChI=1S/C9H7ClF3NO2/c10-6-1-2-7(16-9(11,12)13)5(3-6)4-8(14)15/h1-3H,4H2,(H2,14,15). The Labute approximate surface area is 93.9 Å². The number of carbonyl (C=O) groups is 1. The van der Waals surface area contributed by atoms with Gasteiger partial charge in [-0.1, -0.05) is 11.6 Å². The molecule has 0 fully saturated rings. The molecule has 3 nitrogen and oxygen atoms in total. The third-order valence-electron chi connectivity index (χ3n) is 1.61. The molecule has 0 aliphatic carbocycles. The molecule has 0 aliphatic heterocycles. The lowest BCUT2D eigenvalue weighted by atomic mass is 10.1. The SMILES string of the molecule is NC(=O)Cc1cc(Cl)ccc1OC(F)(F)F. The van der Waals surface area contributed by atoms with Crippen molar-refractivity contribution in [2.24, 2.45) is 5.73 Å². The lowest BCUT2D eigenvalue weighted by Crippen LogP contribution is -2.20. The van der Waals surface area contributed by atoms with E-state index in [1.165, 1.54) is 12.1 Å². The van der Waals surface area contributed by atoms with Crippen molar-refractivity contribution in [3.05, 3.63) is 28.8 Å². The van der Waals surface area contributed by atoms with Gasteiger partial charge in [0, 0.05) is 10.6 Å². The highest BCUT2D eigenvalue weighted by Crippen LogP contribution is 2.28. The molecule has 0 heterocycles. The summed E-state index contributed by atoms with van der Waals surface area (Å²) in [6.45, 7) is 0. The quantitative estimate of drug-likeness (QED) is 0.898. The number of rotatable bonds is 3. The summed E-state index contributed by atoms with van der Waals surface area (Å²) >= 11 is 5.58. The fourth-order valence-electron chi connectivity index (χ4n) is 1.10. The van der Waals surface area contributed by atoms with Crippen molar-refractivity contribution < 1.29 is 22.7 Å². The van der Waals surface area contributed by atoms with Gasteiger partial charge in [-0.15, -0.1) is 13.2 Å². The van der Waals surface area contributed by atoms with Crippen molar-refractivity contribution in [1.82, 2.24) is 0 Å². The molecule has 7 heteroatoms. The number of carbonyl (C=O) groups excluding carboxylic acids is 1. The molecule has 0 unspecified atom stereocenters. The third kappa shape index (κ3) is 3.98. The smallest absolute Gasteiger partial charge is 0.405 e. The average molecular weight is 254 g/mol. The van der Waals surface area contributed by atoms with Gasteiger partial charge in [-0.05, 0) is 18.2 Å². The van der Waals surface area contributed by atoms with Crippen molar-refractivity contribution in [2.45, 2.75) is 12.8 Å². The molecule has 0 saturated heterocycles. The lowest BCUT2D eigenvalue weighted by molar-refractivity contribution is -0.274. The summed E-state index contributed by atoms with van der Waals surface area (Å²) in [6, 6.07) is 3.47. The molecule has 2 N–H and O–H groups in total. The van der Waals surface area contributed by atoms with E-state index in [0.29, 0.717) is 0 Å². The first-order chi connectivity index (χ1) is 7.28. The molecule has 0 spiro atoms. The molecule has 0 saturated carbocycles. The molecule has 0 radical (unpaired) electrons. The number of primary amides is 1. The van der Waals surface area contributed by atoms with Crippen molar-refractivity contribution in [3.8, 4) is 5.75 Å². The zero-order chi connectivity index (χ0) is 12.3. The van der Waals surface area contributed by atoms with Crippen LogP contribution >= 0.6 is 11.6 Å². The predicted molar refractivity (Wildman–Crippen MR) is 51.0 cm³/mol. The van der Waals surface area contributed by atoms with Crippen molar-refractivity contribution in [2.75, 3.05) is 0 Å². The van der Waals surface area contributed by atoms with Crippen molar-refractivity contribution in [1.29, 1.82) is 0 Å². The first kappa shape index (κ1) is 12.6. The maximum Gasteiger partial charge on any atom is 0.573 e. The van der Waals surface area contributed by atoms with Crippen molar-refractivity contribution in [3.63, 3.8) is 0 Å². The molecule has 0 bridgehead atoms. The second-order valence-electron chi connectivity index (χ2n) is 2.94. The predicted octanol–water partition coefficient (Wildman–Crippen LogP) is 2.27. The van der Waals surface area contributed by atoms with Crippen LogP contribution in [0.15, 0.2) is 18.2 Å². The topological polar surface area (TPSA) is 52.3 Å². The molecule has 1 amide bonds. The van der Waals surface area contributed by atoms with Gasteiger partial charge in [0.1, 0.15) is 5.75 Å². The van der Waals surface area contributed by atoms with Crippen LogP contribution in [0.2, 0.25) is 5.02 Å². The summed E-state index contributed by atoms with van der Waals surface area (Å²) < 4.78 is 39.7. The minimum Gasteiger partial charge on any atom is -0.405 e. The van der Waals surface area contributed by atoms with Gasteiger partial charge in [-0.2, -0.15) is 0 Å². The molecule has 1 rings (SSSR count). The monoisotopic (exact) mass is 253 g/mol. The van der Waals surface area contributed by atoms with Crippen LogP contribution in [0.5, 0.6) is 5.75 Å². The second kappa shape index (κ2) is 4.61. The summed E-state index contributed by atoms with van der Waals surface area (Å²) in [7, 11) is 0. The molecular weight excluding hydrogens is 247 g/mol. The van der Waals surface area contributed by atoms with E-state index in [0.717, 1.165) is 6.07 Å². The number of alkyl halides is 3. The first-order valence-electron chi connectivity index (χ1n) is 4.10. The number of nitrogens with two attached hydrogens (primary N) is 1. The van der Waals surface area contributed by atoms with Gasteiger partial charge >= 0.3 is 6.36 Å². The summed E-state index contributed by atoms with van der Waals surface area (Å²) in [4.78, 5) is 10.6. The first-order valence-corrected chi connectivity index (χ1v) is 4.48. The largest absolute Gasteiger partial charge is 0.573 e. The summed E-state index contributed by atoms with van der Waals surface area (Å²) in [5.74, 6) is -1.25. The molecule has 0 atom stereocenters. The van der Waals surface area contributed by atoms with E-state index < -0.39 is 18.0 Å². The van der Waals surface area contributed by atoms with Crippen LogP contribution in [0.1, 0.15) is 5.56 Å². The molecular formula is C9H7ClF3NO2. The van der Waals surface area contributed by atoms with Gasteiger partial charge in [-0.25, -0.2) is 0 Å². The summed E-state index contributed by atoms with van der Waals surface area (Å²) in [6.07, 6.45) is -5.19. The molecule has 0 aromatic heterocycles. The summed E-state index contributed by atoms with van der Waals surface area (Å²) in [5, 5.41) is 0.200. The number of ether oxygens (including phenoxy) is 1. The maximum absolute atomic E-state index is 12.0. The van der Waals surface area contributed by atoms with Gasteiger partial charge in [0.15, 0.2) is 0 Å². The molecule has 1 aromatic rings. The number of hydrogen-bond donors (Lipinski definition) is 1. The summed E-state index contributed by atoms with van der Waals surface area (Å²) in [5.41, 5.74) is 4.89. The molecule has 0 aliphatic rings. The molecule has 1 aromatic carbocycles. The Bertz CT molecular complexity index is 406. The number of amides is 1. The Morgan fingerprint density at radius 2 is 2.06 bits per heavy atom. The van der Waals surface area contributed by atoms with E-state index >= 15 is 0 Å². The highest BCUT2D eigenvalue weighted by molar-refractivity contribution is 6.30. The maximum atomic E-state index is 12.0. The van der Waals surface area contributed by atoms with Crippen LogP contribution < -0.4 is 10.5 Å². The molecule has 88 valence electrons. The van der Waals surface area contributed by atoms with Crippen LogP contribution in [0.3, 0.4) is 0 Å². The Morgan fingerprint density at radius 1 is 1.44 bits per heavy atom. The fourth-order valence-corrected chi connectivity index (χ4v) is 1.29. The Kier molecular flexibility index (Phi) is 3.64. The minimum absolute atomic E-state index is 0.00248. The van der Waals surface area contributed by atoms with Gasteiger partial charge < -0.3 is 10.5 Å². The van der Waals surface area contributed by atoms with Gasteiger partial charge in [0.2, 0.25) is 5.91 Å². The lowest BCUT2D eigenvalue weighted by Gasteiger charge is -2.12. The van der Waals surface area contributed by atoms with Crippen LogP contribution in [0.25, 0.3) is 0 Å². The van der Waals surface area contributed by atoms with E-state index in [-0.39, 0.29) is 17.0 Å². The second-order valence-corrected chi connectivity index (χ2v) is 3.38. The molecule has 16 heavy (non-hydrogen) atoms. The fraction of sp³-hybridized carbons (Fsp3) is 0.222. The number of hydrogen-bond acceptors (Lipinski definition) is 2. The normalized spacial score (nSPS) is 11.2. The Hall–Kier alpha value is -1.43. The van der Waals surface area contributed by atoms with E-state index in [1.807, 2.05) is 0 Å². The number of benzene rings is 1. The third-order valence-corrected chi connectivity index (χ3v) is 1.85. The highest BCUT2D eigenvalue weighted by Gasteiger charge is 2.32. The zero-order valence-corrected chi connectivity index (χ0v) is 8.60. The van der Waals surface area contributed by atoms with Crippen LogP contribution in [-0.4, -0.2) is 12.3 Å². The van der Waals surface area contributed by atoms with E-state index in [1.54, 1.807) is 0 Å². The van der Waals surface area contributed by atoms with E-state index in [2.05, 4.69) is 4.74 Å². The minimum atomic E-state index is -4.82. The Morgan fingerprint density at radius 3 is 2.56 bits per heavy atom. The van der Waals surface area contributed by atoms with E-state index in [9.17, 15) is 18.0 Å². The van der Waals surface area contributed by atoms with Crippen LogP contribution in [-0.2, 0) is 11.2 Å². The van der Waals surface area contributed by atoms with Crippen molar-refractivity contribution >= 4 is 17.5 Å². The van der Waals surface area contributed by atoms with Gasteiger partial charge in [-0.3, -0.25) is 4.79 Å². The Balaban J connectivity index is 3.02. The van der Waals surface area contributed by atoms with Gasteiger partial charge in [0.05, 0.1) is 6.42 Å². The zero-order valence-electron chi connectivity index (χ0n) is 7.84. The average Bonchev–Trinajstić information content (AvgIpc) is 2.06. The highest BCUT2D eigenvalue weighted by atomic mass is 35.5. The van der Waals surface area contributed by atoms with Gasteiger partial charge in [0.25, 0.3) is 0 Å². The van der Waals surface area contributed by atoms with Crippen LogP contribution in [0.4, 0.5) is 13.2 Å². The number of halogens is 4.